The number of halogens is 1. The predicted molar refractivity (Wildman–Crippen MR) is 135 cm³/mol. The van der Waals surface area contributed by atoms with Crippen LogP contribution in [0.3, 0.4) is 0 Å². The Kier molecular flexibility index (Phi) is 8.75. The Labute approximate surface area is 217 Å². The molecule has 1 saturated heterocycles. The Balaban J connectivity index is 1.85. The van der Waals surface area contributed by atoms with Crippen LogP contribution >= 0.6 is 6.64 Å². The standard InChI is InChI=1S/C22H30FN4O8PS/c1-13(2)33-17(28)14(3)26-36(37,35-15-8-6-5-7-9-15)32-12-22(23)18(29)21(4,31)19(34-22)27-11-10-16(24)25-20(27)30/h5-11,13-14,18-19,29,31H,12H2,1-4H3,(H,26,37)(H2,24,25,30). The van der Waals surface area contributed by atoms with Gasteiger partial charge in [0.05, 0.1) is 6.10 Å². The monoisotopic (exact) mass is 560 g/mol. The van der Waals surface area contributed by atoms with Crippen molar-refractivity contribution in [3.05, 3.63) is 53.1 Å². The Morgan fingerprint density at radius 1 is 1.35 bits per heavy atom. The summed E-state index contributed by atoms with van der Waals surface area (Å²) in [7, 11) is 0. The van der Waals surface area contributed by atoms with Crippen LogP contribution < -0.4 is 21.0 Å². The summed E-state index contributed by atoms with van der Waals surface area (Å²) >= 11 is 5.53. The molecule has 6 unspecified atom stereocenters. The molecule has 12 nitrogen and oxygen atoms in total. The predicted octanol–water partition coefficient (Wildman–Crippen LogP) is 1.38. The molecule has 1 aromatic heterocycles. The van der Waals surface area contributed by atoms with Gasteiger partial charge in [0.1, 0.15) is 35.9 Å². The van der Waals surface area contributed by atoms with E-state index >= 15 is 4.39 Å². The number of ether oxygens (including phenoxy) is 2. The van der Waals surface area contributed by atoms with Gasteiger partial charge >= 0.3 is 18.3 Å². The largest absolute Gasteiger partial charge is 0.462 e. The molecule has 0 saturated carbocycles. The molecule has 3 rings (SSSR count). The van der Waals surface area contributed by atoms with Gasteiger partial charge in [0.25, 0.3) is 5.85 Å². The summed E-state index contributed by atoms with van der Waals surface area (Å²) in [5.74, 6) is -3.50. The molecule has 204 valence electrons. The van der Waals surface area contributed by atoms with Crippen molar-refractivity contribution >= 4 is 30.2 Å². The van der Waals surface area contributed by atoms with Crippen LogP contribution in [0.5, 0.6) is 5.75 Å². The molecule has 15 heteroatoms. The van der Waals surface area contributed by atoms with E-state index in [1.165, 1.54) is 13.0 Å². The topological polar surface area (TPSA) is 167 Å². The lowest BCUT2D eigenvalue weighted by Crippen LogP contribution is -2.50. The van der Waals surface area contributed by atoms with Crippen LogP contribution in [0.2, 0.25) is 0 Å². The van der Waals surface area contributed by atoms with Crippen LogP contribution in [0.4, 0.5) is 10.2 Å². The number of anilines is 1. The molecular weight excluding hydrogens is 530 g/mol. The second-order valence-corrected chi connectivity index (χ2v) is 12.1. The van der Waals surface area contributed by atoms with Gasteiger partial charge in [0.15, 0.2) is 6.23 Å². The molecular formula is C22H30FN4O8PS. The highest BCUT2D eigenvalue weighted by molar-refractivity contribution is 8.09. The van der Waals surface area contributed by atoms with Gasteiger partial charge in [-0.2, -0.15) is 4.98 Å². The van der Waals surface area contributed by atoms with E-state index in [4.69, 9.17) is 36.1 Å². The van der Waals surface area contributed by atoms with Gasteiger partial charge < -0.3 is 34.5 Å². The van der Waals surface area contributed by atoms with Crippen molar-refractivity contribution in [3.8, 4) is 5.75 Å². The molecule has 0 spiro atoms. The number of carbonyl (C=O) groups excluding carboxylic acids is 1. The van der Waals surface area contributed by atoms with Gasteiger partial charge in [-0.1, -0.05) is 18.2 Å². The van der Waals surface area contributed by atoms with E-state index in [2.05, 4.69) is 10.1 Å². The zero-order valence-corrected chi connectivity index (χ0v) is 22.3. The Morgan fingerprint density at radius 2 is 2.00 bits per heavy atom. The number of alkyl halides is 1. The Bertz CT molecular complexity index is 1220. The minimum absolute atomic E-state index is 0.0933. The molecule has 1 fully saturated rings. The van der Waals surface area contributed by atoms with Crippen molar-refractivity contribution in [1.82, 2.24) is 14.6 Å². The van der Waals surface area contributed by atoms with Gasteiger partial charge in [-0.25, -0.2) is 14.3 Å². The van der Waals surface area contributed by atoms with E-state index in [0.29, 0.717) is 0 Å². The van der Waals surface area contributed by atoms with Crippen LogP contribution in [0.15, 0.2) is 47.4 Å². The maximum Gasteiger partial charge on any atom is 0.351 e. The van der Waals surface area contributed by atoms with Crippen molar-refractivity contribution in [2.45, 2.75) is 63.6 Å². The summed E-state index contributed by atoms with van der Waals surface area (Å²) in [6.07, 6.45) is -3.11. The minimum Gasteiger partial charge on any atom is -0.462 e. The average Bonchev–Trinajstić information content (AvgIpc) is 2.98. The van der Waals surface area contributed by atoms with Crippen LogP contribution in [-0.4, -0.2) is 62.0 Å². The number of nitrogens with two attached hydrogens (primary N) is 1. The highest BCUT2D eigenvalue weighted by atomic mass is 32.5. The fourth-order valence-corrected chi connectivity index (χ4v) is 5.90. The van der Waals surface area contributed by atoms with Crippen molar-refractivity contribution in [2.75, 3.05) is 12.3 Å². The van der Waals surface area contributed by atoms with E-state index in [0.717, 1.165) is 17.7 Å². The molecule has 0 amide bonds. The van der Waals surface area contributed by atoms with Crippen LogP contribution in [0.1, 0.15) is 33.9 Å². The highest BCUT2D eigenvalue weighted by Crippen LogP contribution is 2.50. The molecule has 2 aromatic rings. The summed E-state index contributed by atoms with van der Waals surface area (Å²) in [6.45, 7) is 1.19. The maximum absolute atomic E-state index is 16.0. The Hall–Kier alpha value is -2.45. The van der Waals surface area contributed by atoms with Crippen LogP contribution in [-0.2, 0) is 30.6 Å². The third-order valence-corrected chi connectivity index (χ3v) is 7.81. The average molecular weight is 561 g/mol. The Morgan fingerprint density at radius 3 is 2.59 bits per heavy atom. The van der Waals surface area contributed by atoms with Crippen molar-refractivity contribution in [3.63, 3.8) is 0 Å². The first-order valence-electron chi connectivity index (χ1n) is 11.3. The minimum atomic E-state index is -3.69. The van der Waals surface area contributed by atoms with Crippen LogP contribution in [0, 0.1) is 0 Å². The number of esters is 1. The SMILES string of the molecule is CC(C)OC(=O)C(C)NP(=S)(OCC1(F)OC(n2ccc(N)nc2=O)C(C)(O)C1O)Oc1ccccc1. The number of nitrogens with one attached hydrogen (secondary N) is 1. The second kappa shape index (κ2) is 11.1. The molecule has 1 aromatic carbocycles. The fraction of sp³-hybridized carbons (Fsp3) is 0.500. The van der Waals surface area contributed by atoms with Crippen LogP contribution in [0.25, 0.3) is 0 Å². The third-order valence-electron chi connectivity index (χ3n) is 5.33. The number of carbonyl (C=O) groups is 1. The van der Waals surface area contributed by atoms with E-state index in [-0.39, 0.29) is 11.6 Å². The number of hydrogen-bond acceptors (Lipinski definition) is 11. The lowest BCUT2D eigenvalue weighted by molar-refractivity contribution is -0.203. The first-order valence-corrected chi connectivity index (χ1v) is 13.9. The summed E-state index contributed by atoms with van der Waals surface area (Å²) in [5.41, 5.74) is 2.27. The normalized spacial score (nSPS) is 28.0. The molecule has 37 heavy (non-hydrogen) atoms. The molecule has 0 bridgehead atoms. The summed E-state index contributed by atoms with van der Waals surface area (Å²) in [5, 5.41) is 24.3. The summed E-state index contributed by atoms with van der Waals surface area (Å²) in [6, 6.07) is 8.49. The van der Waals surface area contributed by atoms with Gasteiger partial charge in [0.2, 0.25) is 0 Å². The van der Waals surface area contributed by atoms with Gasteiger partial charge in [-0.3, -0.25) is 9.36 Å². The fourth-order valence-electron chi connectivity index (χ4n) is 3.50. The first-order chi connectivity index (χ1) is 17.2. The van der Waals surface area contributed by atoms with Gasteiger partial charge in [-0.15, -0.1) is 0 Å². The number of nitrogen functional groups attached to an aromatic ring is 1. The first kappa shape index (κ1) is 29.1. The molecule has 2 heterocycles. The van der Waals surface area contributed by atoms with Crippen molar-refractivity contribution < 1.29 is 37.9 Å². The number of rotatable bonds is 10. The number of para-hydroxylation sites is 1. The van der Waals surface area contributed by atoms with Crippen molar-refractivity contribution in [1.29, 1.82) is 0 Å². The number of aliphatic hydroxyl groups is 2. The van der Waals surface area contributed by atoms with E-state index < -0.39 is 60.8 Å². The number of aromatic nitrogens is 2. The highest BCUT2D eigenvalue weighted by Gasteiger charge is 2.63. The number of aliphatic hydroxyl groups excluding tert-OH is 1. The second-order valence-electron chi connectivity index (χ2n) is 8.94. The van der Waals surface area contributed by atoms with E-state index in [1.54, 1.807) is 44.2 Å². The number of nitrogens with zero attached hydrogens (tertiary/aromatic N) is 2. The molecule has 1 aliphatic rings. The molecule has 0 aliphatic carbocycles. The number of hydrogen-bond donors (Lipinski definition) is 4. The summed E-state index contributed by atoms with van der Waals surface area (Å²) < 4.78 is 38.7. The van der Waals surface area contributed by atoms with E-state index in [1.807, 2.05) is 0 Å². The zero-order chi connectivity index (χ0) is 27.6. The molecule has 1 aliphatic heterocycles. The quantitative estimate of drug-likeness (QED) is 0.244. The lowest BCUT2D eigenvalue weighted by Gasteiger charge is -2.30. The molecule has 0 radical (unpaired) electrons. The zero-order valence-electron chi connectivity index (χ0n) is 20.6. The van der Waals surface area contributed by atoms with Gasteiger partial charge in [-0.05, 0) is 57.7 Å². The lowest BCUT2D eigenvalue weighted by atomic mass is 9.95. The summed E-state index contributed by atoms with van der Waals surface area (Å²) in [4.78, 5) is 28.2. The van der Waals surface area contributed by atoms with E-state index in [9.17, 15) is 19.8 Å². The molecule has 6 atom stereocenters. The van der Waals surface area contributed by atoms with Crippen molar-refractivity contribution in [2.24, 2.45) is 0 Å². The maximum atomic E-state index is 16.0. The molecule has 5 N–H and O–H groups in total. The number of benzene rings is 1. The third kappa shape index (κ3) is 6.71. The van der Waals surface area contributed by atoms with Gasteiger partial charge in [0, 0.05) is 6.20 Å². The smallest absolute Gasteiger partial charge is 0.351 e.